The fourth-order valence-corrected chi connectivity index (χ4v) is 1.49. The minimum atomic E-state index is -0.740. The molecule has 0 fully saturated rings. The molecule has 4 N–H and O–H groups in total. The molecule has 0 aliphatic carbocycles. The number of guanidine groups is 1. The van der Waals surface area contributed by atoms with Crippen LogP contribution in [-0.4, -0.2) is 46.6 Å². The summed E-state index contributed by atoms with van der Waals surface area (Å²) in [6.45, 7) is 1.58. The monoisotopic (exact) mass is 197 g/mol. The maximum absolute atomic E-state index is 11.4. The SMILES string of the molecule is CC(O)N1C=NC2C(=O)NC(N)=NC21. The van der Waals surface area contributed by atoms with Crippen molar-refractivity contribution in [2.45, 2.75) is 25.4 Å². The predicted molar refractivity (Wildman–Crippen MR) is 49.4 cm³/mol. The van der Waals surface area contributed by atoms with E-state index in [4.69, 9.17) is 5.73 Å². The zero-order valence-electron chi connectivity index (χ0n) is 7.58. The smallest absolute Gasteiger partial charge is 0.255 e. The fourth-order valence-electron chi connectivity index (χ4n) is 1.49. The van der Waals surface area contributed by atoms with Crippen LogP contribution in [-0.2, 0) is 4.79 Å². The van der Waals surface area contributed by atoms with Gasteiger partial charge in [-0.3, -0.25) is 15.1 Å². The number of carbonyl (C=O) groups excluding carboxylic acids is 1. The molecular formula is C7H11N5O2. The maximum atomic E-state index is 11.4. The van der Waals surface area contributed by atoms with Gasteiger partial charge in [-0.1, -0.05) is 0 Å². The Hall–Kier alpha value is -1.63. The highest BCUT2D eigenvalue weighted by atomic mass is 16.3. The van der Waals surface area contributed by atoms with E-state index in [1.807, 2.05) is 0 Å². The molecule has 2 aliphatic rings. The minimum Gasteiger partial charge on any atom is -0.374 e. The number of hydrogen-bond acceptors (Lipinski definition) is 6. The van der Waals surface area contributed by atoms with Crippen molar-refractivity contribution < 1.29 is 9.90 Å². The highest BCUT2D eigenvalue weighted by Crippen LogP contribution is 2.19. The number of carbonyl (C=O) groups is 1. The molecule has 3 unspecified atom stereocenters. The number of amides is 1. The molecule has 3 atom stereocenters. The van der Waals surface area contributed by atoms with Crippen LogP contribution in [0.4, 0.5) is 0 Å². The third-order valence-corrected chi connectivity index (χ3v) is 2.17. The van der Waals surface area contributed by atoms with Gasteiger partial charge in [0.15, 0.2) is 18.2 Å². The first-order chi connectivity index (χ1) is 6.59. The predicted octanol–water partition coefficient (Wildman–Crippen LogP) is -2.19. The number of aliphatic hydroxyl groups excluding tert-OH is 1. The van der Waals surface area contributed by atoms with Crippen molar-refractivity contribution in [2.24, 2.45) is 15.7 Å². The number of aliphatic hydroxyl groups is 1. The summed E-state index contributed by atoms with van der Waals surface area (Å²) in [5, 5.41) is 11.7. The molecule has 0 bridgehead atoms. The van der Waals surface area contributed by atoms with E-state index in [2.05, 4.69) is 15.3 Å². The van der Waals surface area contributed by atoms with Gasteiger partial charge in [0.1, 0.15) is 6.23 Å². The topological polar surface area (TPSA) is 103 Å². The molecule has 7 heteroatoms. The molecule has 0 aromatic heterocycles. The Morgan fingerprint density at radius 1 is 1.79 bits per heavy atom. The van der Waals surface area contributed by atoms with E-state index >= 15 is 0 Å². The molecule has 0 radical (unpaired) electrons. The number of rotatable bonds is 1. The van der Waals surface area contributed by atoms with Crippen LogP contribution in [0, 0.1) is 0 Å². The molecule has 1 amide bonds. The number of hydrogen-bond donors (Lipinski definition) is 3. The molecule has 7 nitrogen and oxygen atoms in total. The minimum absolute atomic E-state index is 0.0624. The van der Waals surface area contributed by atoms with Crippen LogP contribution in [0.5, 0.6) is 0 Å². The lowest BCUT2D eigenvalue weighted by Gasteiger charge is -2.29. The van der Waals surface area contributed by atoms with E-state index in [1.165, 1.54) is 11.2 Å². The maximum Gasteiger partial charge on any atom is 0.255 e. The van der Waals surface area contributed by atoms with Crippen molar-refractivity contribution in [1.29, 1.82) is 0 Å². The number of nitrogens with one attached hydrogen (secondary N) is 1. The van der Waals surface area contributed by atoms with Gasteiger partial charge in [0.2, 0.25) is 0 Å². The van der Waals surface area contributed by atoms with Crippen LogP contribution in [0.25, 0.3) is 0 Å². The van der Waals surface area contributed by atoms with E-state index in [1.54, 1.807) is 6.92 Å². The van der Waals surface area contributed by atoms with Crippen molar-refractivity contribution in [1.82, 2.24) is 10.2 Å². The molecule has 0 saturated heterocycles. The quantitative estimate of drug-likeness (QED) is 0.444. The lowest BCUT2D eigenvalue weighted by molar-refractivity contribution is -0.122. The van der Waals surface area contributed by atoms with Crippen LogP contribution in [0.1, 0.15) is 6.92 Å². The van der Waals surface area contributed by atoms with Gasteiger partial charge >= 0.3 is 0 Å². The summed E-state index contributed by atoms with van der Waals surface area (Å²) in [5.74, 6) is -0.227. The highest BCUT2D eigenvalue weighted by Gasteiger charge is 2.40. The average molecular weight is 197 g/mol. The molecule has 2 aliphatic heterocycles. The number of aliphatic imine (C=N–C) groups is 2. The van der Waals surface area contributed by atoms with Crippen molar-refractivity contribution in [2.75, 3.05) is 0 Å². The zero-order chi connectivity index (χ0) is 10.3. The number of nitrogens with two attached hydrogens (primary N) is 1. The van der Waals surface area contributed by atoms with E-state index in [9.17, 15) is 9.90 Å². The van der Waals surface area contributed by atoms with Gasteiger partial charge < -0.3 is 15.7 Å². The second-order valence-corrected chi connectivity index (χ2v) is 3.21. The van der Waals surface area contributed by atoms with Crippen LogP contribution >= 0.6 is 0 Å². The molecule has 0 saturated carbocycles. The van der Waals surface area contributed by atoms with E-state index in [0.29, 0.717) is 0 Å². The van der Waals surface area contributed by atoms with Crippen LogP contribution in [0.3, 0.4) is 0 Å². The molecule has 2 rings (SSSR count). The van der Waals surface area contributed by atoms with Crippen molar-refractivity contribution >= 4 is 18.2 Å². The standard InChI is InChI=1S/C7H11N5O2/c1-3(13)12-2-9-4-5(12)10-7(8)11-6(4)14/h2-5,13H,1H3,(H3,8,10,11,14). The van der Waals surface area contributed by atoms with Gasteiger partial charge in [-0.2, -0.15) is 0 Å². The van der Waals surface area contributed by atoms with Gasteiger partial charge in [0, 0.05) is 0 Å². The number of fused-ring (bicyclic) bond motifs is 1. The highest BCUT2D eigenvalue weighted by molar-refractivity contribution is 6.02. The van der Waals surface area contributed by atoms with Gasteiger partial charge in [-0.05, 0) is 6.92 Å². The van der Waals surface area contributed by atoms with Gasteiger partial charge in [0.25, 0.3) is 5.91 Å². The molecule has 14 heavy (non-hydrogen) atoms. The Balaban J connectivity index is 2.28. The largest absolute Gasteiger partial charge is 0.374 e. The second-order valence-electron chi connectivity index (χ2n) is 3.21. The third kappa shape index (κ3) is 1.22. The summed E-state index contributed by atoms with van der Waals surface area (Å²) < 4.78 is 0. The van der Waals surface area contributed by atoms with Crippen molar-refractivity contribution in [3.8, 4) is 0 Å². The Morgan fingerprint density at radius 3 is 3.14 bits per heavy atom. The van der Waals surface area contributed by atoms with Gasteiger partial charge in [-0.15, -0.1) is 0 Å². The molecule has 76 valence electrons. The Bertz CT molecular complexity index is 324. The molecule has 0 spiro atoms. The summed E-state index contributed by atoms with van der Waals surface area (Å²) in [4.78, 5) is 20.8. The van der Waals surface area contributed by atoms with E-state index < -0.39 is 18.4 Å². The van der Waals surface area contributed by atoms with E-state index in [0.717, 1.165) is 0 Å². The van der Waals surface area contributed by atoms with Crippen molar-refractivity contribution in [3.05, 3.63) is 0 Å². The Labute approximate surface area is 80.3 Å². The molecule has 0 aromatic rings. The first kappa shape index (κ1) is 8.95. The normalized spacial score (nSPS) is 32.3. The van der Waals surface area contributed by atoms with Crippen LogP contribution < -0.4 is 11.1 Å². The molecule has 2 heterocycles. The lowest BCUT2D eigenvalue weighted by Crippen LogP contribution is -2.55. The summed E-state index contributed by atoms with van der Waals surface area (Å²) in [7, 11) is 0. The van der Waals surface area contributed by atoms with Crippen LogP contribution in [0.15, 0.2) is 9.98 Å². The summed E-state index contributed by atoms with van der Waals surface area (Å²) in [6.07, 6.45) is 0.168. The van der Waals surface area contributed by atoms with E-state index in [-0.39, 0.29) is 11.9 Å². The summed E-state index contributed by atoms with van der Waals surface area (Å²) >= 11 is 0. The Morgan fingerprint density at radius 2 is 2.50 bits per heavy atom. The van der Waals surface area contributed by atoms with Gasteiger partial charge in [0.05, 0.1) is 6.34 Å². The zero-order valence-corrected chi connectivity index (χ0v) is 7.58. The summed E-state index contributed by atoms with van der Waals surface area (Å²) in [5.41, 5.74) is 5.40. The molecule has 0 aromatic carbocycles. The Kier molecular flexibility index (Phi) is 1.88. The first-order valence-corrected chi connectivity index (χ1v) is 4.22. The van der Waals surface area contributed by atoms with Crippen molar-refractivity contribution in [3.63, 3.8) is 0 Å². The van der Waals surface area contributed by atoms with Crippen LogP contribution in [0.2, 0.25) is 0 Å². The second kappa shape index (κ2) is 2.95. The lowest BCUT2D eigenvalue weighted by atomic mass is 10.2. The number of nitrogens with zero attached hydrogens (tertiary/aromatic N) is 3. The first-order valence-electron chi connectivity index (χ1n) is 4.22. The molecular weight excluding hydrogens is 186 g/mol. The summed E-state index contributed by atoms with van der Waals surface area (Å²) in [6, 6.07) is -0.600. The van der Waals surface area contributed by atoms with Gasteiger partial charge in [-0.25, -0.2) is 4.99 Å². The average Bonchev–Trinajstić information content (AvgIpc) is 2.47. The third-order valence-electron chi connectivity index (χ3n) is 2.17. The fraction of sp³-hybridized carbons (Fsp3) is 0.571.